The van der Waals surface area contributed by atoms with Gasteiger partial charge in [-0.25, -0.2) is 34.1 Å². The van der Waals surface area contributed by atoms with Crippen molar-refractivity contribution in [2.24, 2.45) is 11.8 Å². The smallest absolute Gasteiger partial charge is 0.420 e. The molecule has 52 heavy (non-hydrogen) atoms. The number of alkyl halides is 1. The van der Waals surface area contributed by atoms with Gasteiger partial charge in [-0.3, -0.25) is 0 Å². The van der Waals surface area contributed by atoms with Crippen LogP contribution in [0, 0.1) is 11.8 Å². The second-order valence-electron chi connectivity index (χ2n) is 14.2. The quantitative estimate of drug-likeness (QED) is 0.166. The first-order valence-corrected chi connectivity index (χ1v) is 18.1. The lowest BCUT2D eigenvalue weighted by Gasteiger charge is -2.42. The number of aromatic nitrogens is 6. The van der Waals surface area contributed by atoms with E-state index in [-0.39, 0.29) is 55.0 Å². The fourth-order valence-electron chi connectivity index (χ4n) is 5.65. The van der Waals surface area contributed by atoms with Crippen LogP contribution in [0.15, 0.2) is 37.1 Å². The zero-order valence-electron chi connectivity index (χ0n) is 45.2. The van der Waals surface area contributed by atoms with E-state index in [2.05, 4.69) is 30.2 Å². The molecule has 2 aliphatic rings. The average molecular weight is 848 g/mol. The van der Waals surface area contributed by atoms with E-state index >= 15 is 0 Å². The van der Waals surface area contributed by atoms with E-state index in [0.717, 1.165) is 14.4 Å². The maximum absolute atomic E-state index is 12.9. The molecular formula is C37H57IN10O4. The zero-order valence-corrected chi connectivity index (χ0v) is 32.3. The van der Waals surface area contributed by atoms with Gasteiger partial charge in [0.15, 0.2) is 5.65 Å². The lowest BCUT2D eigenvalue weighted by atomic mass is 9.92. The highest BCUT2D eigenvalue weighted by Gasteiger charge is 2.35. The number of carbonyl (C=O) groups excluding carboxylic acids is 2. The summed E-state index contributed by atoms with van der Waals surface area (Å²) < 4.78 is 131. The van der Waals surface area contributed by atoms with Crippen LogP contribution >= 0.6 is 22.6 Å². The minimum atomic E-state index is -2.94. The molecule has 4 aromatic heterocycles. The van der Waals surface area contributed by atoms with Crippen LogP contribution in [0.2, 0.25) is 0 Å². The number of hydrogen-bond donors (Lipinski definition) is 2. The van der Waals surface area contributed by atoms with E-state index < -0.39 is 81.3 Å². The Bertz CT molecular complexity index is 2330. The van der Waals surface area contributed by atoms with Gasteiger partial charge in [0.25, 0.3) is 0 Å². The van der Waals surface area contributed by atoms with E-state index in [1.807, 2.05) is 22.6 Å². The summed E-state index contributed by atoms with van der Waals surface area (Å²) in [6.45, 7) is 0.212. The predicted molar refractivity (Wildman–Crippen MR) is 216 cm³/mol. The van der Waals surface area contributed by atoms with Gasteiger partial charge in [0.05, 0.1) is 16.8 Å². The normalized spacial score (nSPS) is 25.8. The highest BCUT2D eigenvalue weighted by Crippen LogP contribution is 2.31. The molecule has 0 aliphatic carbocycles. The summed E-state index contributed by atoms with van der Waals surface area (Å²) in [5.41, 5.74) is -1.38. The molecule has 4 aromatic rings. The molecule has 0 radical (unpaired) electrons. The molecule has 2 fully saturated rings. The molecule has 2 N–H and O–H groups in total. The van der Waals surface area contributed by atoms with Crippen molar-refractivity contribution in [3.63, 3.8) is 0 Å². The Labute approximate surface area is 342 Å². The molecule has 2 saturated heterocycles. The number of H-pyrrole nitrogens is 1. The van der Waals surface area contributed by atoms with Crippen molar-refractivity contribution in [1.29, 1.82) is 0 Å². The van der Waals surface area contributed by atoms with E-state index in [9.17, 15) is 9.59 Å². The van der Waals surface area contributed by atoms with Crippen molar-refractivity contribution in [1.82, 2.24) is 39.7 Å². The van der Waals surface area contributed by atoms with E-state index in [4.69, 9.17) is 30.0 Å². The van der Waals surface area contributed by atoms with Crippen LogP contribution in [0.25, 0.3) is 22.1 Å². The molecule has 15 heteroatoms. The topological polar surface area (TPSA) is 147 Å². The molecule has 0 saturated carbocycles. The van der Waals surface area contributed by atoms with Crippen molar-refractivity contribution in [3.8, 4) is 0 Å². The first-order valence-electron chi connectivity index (χ1n) is 24.3. The van der Waals surface area contributed by atoms with Crippen LogP contribution < -0.4 is 15.1 Å². The van der Waals surface area contributed by atoms with E-state index in [1.165, 1.54) is 17.2 Å². The van der Waals surface area contributed by atoms with Crippen molar-refractivity contribution in [2.75, 3.05) is 54.8 Å². The molecular weight excluding hydrogens is 775 g/mol. The minimum Gasteiger partial charge on any atom is -0.444 e. The highest BCUT2D eigenvalue weighted by molar-refractivity contribution is 14.1. The van der Waals surface area contributed by atoms with Crippen molar-refractivity contribution in [3.05, 3.63) is 37.1 Å². The van der Waals surface area contributed by atoms with Gasteiger partial charge in [0, 0.05) is 69.8 Å². The minimum absolute atomic E-state index is 0.0200. The maximum atomic E-state index is 12.9. The Balaban J connectivity index is 0.000000299. The zero-order chi connectivity index (χ0) is 50.8. The Hall–Kier alpha value is -3.73. The van der Waals surface area contributed by atoms with Gasteiger partial charge < -0.3 is 34.5 Å². The molecule has 0 aromatic carbocycles. The number of anilines is 2. The summed E-state index contributed by atoms with van der Waals surface area (Å²) in [6.07, 6.45) is 0.817. The summed E-state index contributed by atoms with van der Waals surface area (Å²) in [7, 11) is 0. The number of fused-ring (bicyclic) bond motifs is 2. The van der Waals surface area contributed by atoms with Crippen LogP contribution in [-0.2, 0) is 9.47 Å². The number of hydrogen-bond acceptors (Lipinski definition) is 11. The van der Waals surface area contributed by atoms with Gasteiger partial charge in [0.1, 0.15) is 43.8 Å². The first kappa shape index (κ1) is 24.6. The lowest BCUT2D eigenvalue weighted by molar-refractivity contribution is 0.0165. The standard InChI is InChI=1S/C23H35N5O4.C13H19N5.CH3I/c1-15-9-11-27(20(29)31-22(2,3)4)13-17(15)26(8)18-16-10-12-28(19(16)25-14-24-18)21(30)32-23(5,6)7;1-9-3-5-14-7-11(9)18(2)13-10-4-6-15-12(10)16-8-17-13;1-2/h10,12,14-15,17H,9,11,13H2,1-8H3;4,6,8-9,11,14H,3,5,7H2,1-2H3,(H,15,16,17);1H3/t15-,17+;9-,11+;/m11./s1/i1D3,8D3,14D;1D3,2D3,8D;1D. The Morgan fingerprint density at radius 1 is 0.904 bits per heavy atom. The number of ether oxygens (including phenoxy) is 2. The third-order valence-corrected chi connectivity index (χ3v) is 8.09. The number of piperidine rings is 2. The summed E-state index contributed by atoms with van der Waals surface area (Å²) >= 11 is 1.96. The number of halogens is 1. The molecule has 14 nitrogen and oxygen atoms in total. The van der Waals surface area contributed by atoms with Gasteiger partial charge in [-0.2, -0.15) is 0 Å². The van der Waals surface area contributed by atoms with Crippen LogP contribution in [0.1, 0.15) is 88.6 Å². The number of likely N-dealkylation sites (N-methyl/N-ethyl adjacent to an activating group) is 2. The molecule has 0 unspecified atom stereocenters. The SMILES string of the molecule is [2H]CI.[2H]c1nc(N([C@H]2CN(C(=O)OC(C)(C)C)CC[C@H]2C([2H])([2H])[2H])C([2H])([2H])[2H])c2ccn(C(=O)OC(C)(C)C)c2n1.[2H]c1nc(N([C@H]2CNCC[C@H]2C([2H])([2H])[2H])C([2H])([2H])[2H])c2cc[nH]c2n1. The monoisotopic (exact) mass is 847 g/mol. The predicted octanol–water partition coefficient (Wildman–Crippen LogP) is 6.74. The number of nitrogens with zero attached hydrogens (tertiary/aromatic N) is 8. The molecule has 6 heterocycles. The summed E-state index contributed by atoms with van der Waals surface area (Å²) in [4.78, 5) is 48.2. The summed E-state index contributed by atoms with van der Waals surface area (Å²) in [5, 5.41) is 3.63. The first-order chi connectivity index (χ1) is 30.6. The van der Waals surface area contributed by atoms with Gasteiger partial charge >= 0.3 is 12.2 Å². The molecule has 286 valence electrons. The Morgan fingerprint density at radius 2 is 1.54 bits per heavy atom. The van der Waals surface area contributed by atoms with Crippen molar-refractivity contribution in [2.45, 2.75) is 91.4 Å². The van der Waals surface area contributed by atoms with E-state index in [1.54, 1.807) is 53.8 Å². The fourth-order valence-corrected chi connectivity index (χ4v) is 5.65. The maximum Gasteiger partial charge on any atom is 0.420 e. The van der Waals surface area contributed by atoms with Crippen molar-refractivity contribution < 1.29 is 39.6 Å². The van der Waals surface area contributed by atoms with Gasteiger partial charge in [-0.05, 0) is 89.8 Å². The molecule has 0 bridgehead atoms. The number of amides is 1. The largest absolute Gasteiger partial charge is 0.444 e. The molecule has 2 aliphatic heterocycles. The summed E-state index contributed by atoms with van der Waals surface area (Å²) in [5.74, 6) is -2.16. The second-order valence-corrected chi connectivity index (χ2v) is 14.2. The molecule has 6 rings (SSSR count). The van der Waals surface area contributed by atoms with Gasteiger partial charge in [-0.1, -0.05) is 36.3 Å². The highest BCUT2D eigenvalue weighted by atomic mass is 127. The van der Waals surface area contributed by atoms with E-state index in [0.29, 0.717) is 28.9 Å². The molecule has 0 spiro atoms. The average Bonchev–Trinajstić information content (AvgIpc) is 3.80. The third-order valence-electron chi connectivity index (χ3n) is 8.09. The second kappa shape index (κ2) is 17.4. The van der Waals surface area contributed by atoms with Crippen LogP contribution in [0.5, 0.6) is 0 Å². The Kier molecular flexibility index (Phi) is 8.22. The molecule has 4 atom stereocenters. The van der Waals surface area contributed by atoms with Crippen LogP contribution in [0.3, 0.4) is 0 Å². The van der Waals surface area contributed by atoms with Crippen LogP contribution in [-0.4, -0.2) is 115 Å². The fraction of sp³-hybridized carbons (Fsp3) is 0.622. The van der Waals surface area contributed by atoms with Crippen LogP contribution in [0.4, 0.5) is 21.2 Å². The Morgan fingerprint density at radius 3 is 2.21 bits per heavy atom. The number of likely N-dealkylation sites (tertiary alicyclic amines) is 1. The van der Waals surface area contributed by atoms with Crippen molar-refractivity contribution >= 4 is 68.5 Å². The molecule has 1 amide bonds. The number of rotatable bonds is 4. The summed E-state index contributed by atoms with van der Waals surface area (Å²) in [6, 6.07) is 0.976. The number of carbonyl (C=O) groups is 2. The number of aromatic amines is 1. The van der Waals surface area contributed by atoms with Gasteiger partial charge in [0.2, 0.25) is 0 Å². The lowest BCUT2D eigenvalue weighted by Crippen LogP contribution is -2.53. The number of nitrogens with one attached hydrogen (secondary N) is 2. The third kappa shape index (κ3) is 10.0. The van der Waals surface area contributed by atoms with Gasteiger partial charge in [-0.15, -0.1) is 0 Å².